The van der Waals surface area contributed by atoms with Crippen LogP contribution in [0.25, 0.3) is 0 Å². The van der Waals surface area contributed by atoms with Crippen molar-refractivity contribution in [3.8, 4) is 0 Å². The van der Waals surface area contributed by atoms with Gasteiger partial charge in [0.2, 0.25) is 0 Å². The van der Waals surface area contributed by atoms with Crippen LogP contribution >= 0.6 is 0 Å². The Morgan fingerprint density at radius 1 is 1.35 bits per heavy atom. The molecule has 1 aromatic heterocycles. The van der Waals surface area contributed by atoms with Gasteiger partial charge in [-0.05, 0) is 36.8 Å². The number of hydrogen-bond acceptors (Lipinski definition) is 2. The fraction of sp³-hybridized carbons (Fsp3) is 0.267. The number of carbonyl (C=O) groups is 1. The van der Waals surface area contributed by atoms with Gasteiger partial charge in [-0.25, -0.2) is 9.18 Å². The van der Waals surface area contributed by atoms with Crippen LogP contribution in [-0.4, -0.2) is 18.0 Å². The number of urea groups is 1. The van der Waals surface area contributed by atoms with Crippen molar-refractivity contribution < 1.29 is 13.6 Å². The summed E-state index contributed by atoms with van der Waals surface area (Å²) in [5.74, 6) is 0.409. The van der Waals surface area contributed by atoms with Crippen molar-refractivity contribution in [1.29, 1.82) is 0 Å². The average molecular weight is 276 g/mol. The number of nitrogens with one attached hydrogen (secondary N) is 1. The Morgan fingerprint density at radius 2 is 2.05 bits per heavy atom. The minimum absolute atomic E-state index is 0.146. The summed E-state index contributed by atoms with van der Waals surface area (Å²) in [5, 5.41) is 2.77. The van der Waals surface area contributed by atoms with Crippen LogP contribution in [-0.2, 0) is 6.54 Å². The SMILES string of the molecule is C[C@H](c1ccc(F)cc1)N(C)C(=O)NCc1ccco1. The Hall–Kier alpha value is -2.30. The second-order valence-electron chi connectivity index (χ2n) is 4.58. The highest BCUT2D eigenvalue weighted by molar-refractivity contribution is 5.74. The van der Waals surface area contributed by atoms with Crippen molar-refractivity contribution in [3.05, 3.63) is 59.8 Å². The number of amides is 2. The van der Waals surface area contributed by atoms with Gasteiger partial charge >= 0.3 is 6.03 Å². The van der Waals surface area contributed by atoms with Crippen LogP contribution in [0.4, 0.5) is 9.18 Å². The van der Waals surface area contributed by atoms with E-state index in [2.05, 4.69) is 5.32 Å². The second kappa shape index (κ2) is 6.23. The van der Waals surface area contributed by atoms with Crippen LogP contribution in [0.5, 0.6) is 0 Å². The van der Waals surface area contributed by atoms with Gasteiger partial charge in [0.25, 0.3) is 0 Å². The van der Waals surface area contributed by atoms with E-state index in [1.807, 2.05) is 6.92 Å². The largest absolute Gasteiger partial charge is 0.467 e. The molecule has 0 radical (unpaired) electrons. The zero-order valence-electron chi connectivity index (χ0n) is 11.5. The summed E-state index contributed by atoms with van der Waals surface area (Å²) in [7, 11) is 1.70. The first-order valence-corrected chi connectivity index (χ1v) is 6.36. The number of carbonyl (C=O) groups excluding carboxylic acids is 1. The van der Waals surface area contributed by atoms with Crippen molar-refractivity contribution in [2.45, 2.75) is 19.5 Å². The summed E-state index contributed by atoms with van der Waals surface area (Å²) in [4.78, 5) is 13.6. The third-order valence-electron chi connectivity index (χ3n) is 3.25. The van der Waals surface area contributed by atoms with E-state index < -0.39 is 0 Å². The van der Waals surface area contributed by atoms with E-state index in [-0.39, 0.29) is 17.9 Å². The molecule has 0 saturated heterocycles. The molecular weight excluding hydrogens is 259 g/mol. The minimum Gasteiger partial charge on any atom is -0.467 e. The third kappa shape index (κ3) is 3.38. The van der Waals surface area contributed by atoms with Crippen LogP contribution in [0.1, 0.15) is 24.3 Å². The molecule has 0 saturated carbocycles. The molecule has 1 heterocycles. The molecule has 2 rings (SSSR count). The smallest absolute Gasteiger partial charge is 0.318 e. The van der Waals surface area contributed by atoms with Gasteiger partial charge in [0.1, 0.15) is 11.6 Å². The van der Waals surface area contributed by atoms with Crippen LogP contribution in [0.2, 0.25) is 0 Å². The number of rotatable bonds is 4. The Balaban J connectivity index is 1.93. The zero-order chi connectivity index (χ0) is 14.5. The summed E-state index contributed by atoms with van der Waals surface area (Å²) in [6.07, 6.45) is 1.56. The van der Waals surface area contributed by atoms with Gasteiger partial charge in [0, 0.05) is 7.05 Å². The van der Waals surface area contributed by atoms with Crippen molar-refractivity contribution in [2.75, 3.05) is 7.05 Å². The van der Waals surface area contributed by atoms with Crippen LogP contribution < -0.4 is 5.32 Å². The summed E-state index contributed by atoms with van der Waals surface area (Å²) in [5.41, 5.74) is 0.877. The predicted octanol–water partition coefficient (Wildman–Crippen LogP) is 3.32. The van der Waals surface area contributed by atoms with Crippen molar-refractivity contribution in [2.24, 2.45) is 0 Å². The second-order valence-corrected chi connectivity index (χ2v) is 4.58. The van der Waals surface area contributed by atoms with Crippen LogP contribution in [0, 0.1) is 5.82 Å². The Kier molecular flexibility index (Phi) is 4.40. The molecule has 106 valence electrons. The lowest BCUT2D eigenvalue weighted by molar-refractivity contribution is 0.193. The fourth-order valence-electron chi connectivity index (χ4n) is 1.84. The molecule has 1 aromatic carbocycles. The highest BCUT2D eigenvalue weighted by Gasteiger charge is 2.17. The molecule has 0 aliphatic rings. The Morgan fingerprint density at radius 3 is 2.65 bits per heavy atom. The number of furan rings is 1. The highest BCUT2D eigenvalue weighted by atomic mass is 19.1. The van der Waals surface area contributed by atoms with Crippen molar-refractivity contribution in [1.82, 2.24) is 10.2 Å². The summed E-state index contributed by atoms with van der Waals surface area (Å²) in [6, 6.07) is 9.34. The lowest BCUT2D eigenvalue weighted by Crippen LogP contribution is -2.38. The van der Waals surface area contributed by atoms with Crippen molar-refractivity contribution in [3.63, 3.8) is 0 Å². The maximum Gasteiger partial charge on any atom is 0.318 e. The Labute approximate surface area is 117 Å². The first-order valence-electron chi connectivity index (χ1n) is 6.36. The lowest BCUT2D eigenvalue weighted by Gasteiger charge is -2.25. The summed E-state index contributed by atoms with van der Waals surface area (Å²) < 4.78 is 18.0. The number of hydrogen-bond donors (Lipinski definition) is 1. The zero-order valence-corrected chi connectivity index (χ0v) is 11.5. The van der Waals surface area contributed by atoms with E-state index in [4.69, 9.17) is 4.42 Å². The molecule has 0 aliphatic heterocycles. The topological polar surface area (TPSA) is 45.5 Å². The number of halogens is 1. The molecule has 1 N–H and O–H groups in total. The van der Waals surface area contributed by atoms with Crippen LogP contribution in [0.15, 0.2) is 47.1 Å². The molecule has 0 spiro atoms. The maximum atomic E-state index is 12.9. The minimum atomic E-state index is -0.286. The van der Waals surface area contributed by atoms with E-state index in [1.54, 1.807) is 42.5 Å². The van der Waals surface area contributed by atoms with E-state index >= 15 is 0 Å². The first kappa shape index (κ1) is 14.1. The number of nitrogens with zero attached hydrogens (tertiary/aromatic N) is 1. The standard InChI is InChI=1S/C15H17FN2O2/c1-11(12-5-7-13(16)8-6-12)18(2)15(19)17-10-14-4-3-9-20-14/h3-9,11H,10H2,1-2H3,(H,17,19)/t11-/m1/s1. The van der Waals surface area contributed by atoms with Gasteiger partial charge in [-0.2, -0.15) is 0 Å². The average Bonchev–Trinajstić information content (AvgIpc) is 2.97. The number of benzene rings is 1. The Bertz CT molecular complexity index is 552. The van der Waals surface area contributed by atoms with E-state index in [0.29, 0.717) is 12.3 Å². The van der Waals surface area contributed by atoms with Gasteiger partial charge < -0.3 is 14.6 Å². The van der Waals surface area contributed by atoms with E-state index in [1.165, 1.54) is 12.1 Å². The molecule has 5 heteroatoms. The van der Waals surface area contributed by atoms with Gasteiger partial charge in [0.05, 0.1) is 18.8 Å². The monoisotopic (exact) mass is 276 g/mol. The highest BCUT2D eigenvalue weighted by Crippen LogP contribution is 2.19. The van der Waals surface area contributed by atoms with Gasteiger partial charge in [-0.1, -0.05) is 12.1 Å². The molecule has 2 amide bonds. The molecular formula is C15H17FN2O2. The maximum absolute atomic E-state index is 12.9. The van der Waals surface area contributed by atoms with E-state index in [9.17, 15) is 9.18 Å². The molecule has 20 heavy (non-hydrogen) atoms. The normalized spacial score (nSPS) is 11.9. The van der Waals surface area contributed by atoms with Gasteiger partial charge in [0.15, 0.2) is 0 Å². The summed E-state index contributed by atoms with van der Waals surface area (Å²) in [6.45, 7) is 2.23. The first-order chi connectivity index (χ1) is 9.58. The predicted molar refractivity (Wildman–Crippen MR) is 73.5 cm³/mol. The molecule has 2 aromatic rings. The van der Waals surface area contributed by atoms with Gasteiger partial charge in [-0.3, -0.25) is 0 Å². The molecule has 4 nitrogen and oxygen atoms in total. The molecule has 0 bridgehead atoms. The molecule has 1 atom stereocenters. The summed E-state index contributed by atoms with van der Waals surface area (Å²) >= 11 is 0. The quantitative estimate of drug-likeness (QED) is 0.931. The third-order valence-corrected chi connectivity index (χ3v) is 3.25. The molecule has 0 aliphatic carbocycles. The lowest BCUT2D eigenvalue weighted by atomic mass is 10.1. The molecule has 0 unspecified atom stereocenters. The van der Waals surface area contributed by atoms with E-state index in [0.717, 1.165) is 5.56 Å². The van der Waals surface area contributed by atoms with Crippen molar-refractivity contribution >= 4 is 6.03 Å². The molecule has 0 fully saturated rings. The fourth-order valence-corrected chi connectivity index (χ4v) is 1.84. The van der Waals surface area contributed by atoms with Crippen LogP contribution in [0.3, 0.4) is 0 Å². The van der Waals surface area contributed by atoms with Gasteiger partial charge in [-0.15, -0.1) is 0 Å².